The van der Waals surface area contributed by atoms with E-state index >= 15 is 0 Å². The molecule has 2 atom stereocenters. The summed E-state index contributed by atoms with van der Waals surface area (Å²) in [6.07, 6.45) is -0.0707. The van der Waals surface area contributed by atoms with E-state index in [4.69, 9.17) is 6.85 Å². The molecule has 16 heavy (non-hydrogen) atoms. The van der Waals surface area contributed by atoms with Gasteiger partial charge in [0, 0.05) is 32.5 Å². The minimum Gasteiger partial charge on any atom is -0.392 e. The first-order valence-electron chi connectivity index (χ1n) is 7.96. The average molecular weight is 225 g/mol. The fourth-order valence-corrected chi connectivity index (χ4v) is 1.88. The van der Waals surface area contributed by atoms with Crippen LogP contribution in [0.1, 0.15) is 24.9 Å². The summed E-state index contributed by atoms with van der Waals surface area (Å²) in [5.41, 5.74) is 0.569. The number of benzene rings is 1. The molecule has 2 N–H and O–H groups in total. The number of hydrogen-bond donors (Lipinski definition) is 2. The van der Waals surface area contributed by atoms with Gasteiger partial charge in [0.1, 0.15) is 0 Å². The predicted molar refractivity (Wildman–Crippen MR) is 65.3 cm³/mol. The van der Waals surface area contributed by atoms with Crippen LogP contribution in [0.15, 0.2) is 30.3 Å². The van der Waals surface area contributed by atoms with Crippen molar-refractivity contribution in [3.63, 3.8) is 0 Å². The Labute approximate surface area is 104 Å². The van der Waals surface area contributed by atoms with Crippen molar-refractivity contribution in [2.24, 2.45) is 0 Å². The molecule has 3 heteroatoms. The number of likely N-dealkylation sites (N-methyl/N-ethyl adjacent to an activating group) is 1. The highest BCUT2D eigenvalue weighted by atomic mass is 16.3. The third-order valence-corrected chi connectivity index (χ3v) is 2.75. The highest BCUT2D eigenvalue weighted by molar-refractivity contribution is 5.19. The smallest absolute Gasteiger partial charge is 0.0679 e. The number of likely N-dealkylation sites (tertiary alicyclic amines) is 1. The zero-order chi connectivity index (χ0) is 15.7. The summed E-state index contributed by atoms with van der Waals surface area (Å²) in [4.78, 5) is 1.49. The van der Waals surface area contributed by atoms with Gasteiger partial charge in [-0.25, -0.2) is 0 Å². The molecule has 1 aliphatic rings. The second-order valence-electron chi connectivity index (χ2n) is 4.01. The first kappa shape index (κ1) is 6.74. The summed E-state index contributed by atoms with van der Waals surface area (Å²) in [7, 11) is 0. The molecule has 2 rings (SSSR count). The molecule has 1 fully saturated rings. The van der Waals surface area contributed by atoms with Gasteiger partial charge >= 0.3 is 0 Å². The third-order valence-electron chi connectivity index (χ3n) is 2.75. The Morgan fingerprint density at radius 2 is 2.44 bits per heavy atom. The predicted octanol–water partition coefficient (Wildman–Crippen LogP) is 1.01. The monoisotopic (exact) mass is 225 g/mol. The summed E-state index contributed by atoms with van der Waals surface area (Å²) in [6.45, 7) is -3.75. The van der Waals surface area contributed by atoms with Crippen molar-refractivity contribution in [2.75, 3.05) is 26.6 Å². The van der Waals surface area contributed by atoms with Crippen LogP contribution in [0.4, 0.5) is 0 Å². The molecule has 1 saturated heterocycles. The Morgan fingerprint density at radius 3 is 3.06 bits per heavy atom. The number of β-amino-alcohol motifs (C(OH)–C–C–N with tert-alkyl or cyclic N) is 1. The van der Waals surface area contributed by atoms with Crippen LogP contribution >= 0.6 is 0 Å². The number of aliphatic hydroxyl groups is 1. The number of rotatable bonds is 4. The third kappa shape index (κ3) is 2.82. The minimum absolute atomic E-state index is 0.207. The molecule has 1 aromatic rings. The molecule has 0 aromatic heterocycles. The molecule has 1 heterocycles. The topological polar surface area (TPSA) is 35.5 Å². The van der Waals surface area contributed by atoms with E-state index in [0.717, 1.165) is 0 Å². The van der Waals surface area contributed by atoms with Crippen molar-refractivity contribution in [3.05, 3.63) is 35.9 Å². The Kier molecular flexibility index (Phi) is 2.29. The van der Waals surface area contributed by atoms with Crippen LogP contribution in [0.3, 0.4) is 0 Å². The standard InChI is InChI=1S/C13H20N2O/c1-14-13(11-5-3-2-4-6-11)10-15-8-7-12(16)9-15/h2-6,12-14,16H,7-10H2,1H3/t12-,13+/m0/s1/i1D3,10D2. The van der Waals surface area contributed by atoms with E-state index in [1.165, 1.54) is 4.90 Å². The summed E-state index contributed by atoms with van der Waals surface area (Å²) in [5, 5.41) is 12.0. The second kappa shape index (κ2) is 5.43. The van der Waals surface area contributed by atoms with Crippen LogP contribution in [0.2, 0.25) is 0 Å². The number of aliphatic hydroxyl groups excluding tert-OH is 1. The van der Waals surface area contributed by atoms with Crippen LogP contribution < -0.4 is 5.32 Å². The lowest BCUT2D eigenvalue weighted by Gasteiger charge is -2.23. The van der Waals surface area contributed by atoms with E-state index in [0.29, 0.717) is 18.5 Å². The lowest BCUT2D eigenvalue weighted by atomic mass is 10.1. The highest BCUT2D eigenvalue weighted by Gasteiger charge is 2.22. The van der Waals surface area contributed by atoms with Crippen molar-refractivity contribution < 1.29 is 12.0 Å². The average Bonchev–Trinajstić information content (AvgIpc) is 2.83. The molecule has 1 aliphatic heterocycles. The zero-order valence-electron chi connectivity index (χ0n) is 14.1. The normalized spacial score (nSPS) is 29.8. The van der Waals surface area contributed by atoms with E-state index in [1.54, 1.807) is 30.3 Å². The highest BCUT2D eigenvalue weighted by Crippen LogP contribution is 2.17. The van der Waals surface area contributed by atoms with Gasteiger partial charge in [0.05, 0.1) is 6.10 Å². The molecule has 0 aliphatic carbocycles. The Hall–Kier alpha value is -0.900. The van der Waals surface area contributed by atoms with Crippen LogP contribution in [0.5, 0.6) is 0 Å². The van der Waals surface area contributed by atoms with E-state index in [9.17, 15) is 5.11 Å². The molecule has 88 valence electrons. The van der Waals surface area contributed by atoms with Gasteiger partial charge in [-0.15, -0.1) is 0 Å². The van der Waals surface area contributed by atoms with Crippen molar-refractivity contribution >= 4 is 0 Å². The minimum atomic E-state index is -2.45. The molecule has 0 amide bonds. The van der Waals surface area contributed by atoms with Gasteiger partial charge in [0.15, 0.2) is 0 Å². The van der Waals surface area contributed by atoms with Gasteiger partial charge in [-0.05, 0) is 19.0 Å². The number of nitrogens with zero attached hydrogens (tertiary/aromatic N) is 1. The van der Waals surface area contributed by atoms with Gasteiger partial charge in [-0.2, -0.15) is 0 Å². The zero-order valence-corrected chi connectivity index (χ0v) is 9.06. The molecular weight excluding hydrogens is 200 g/mol. The SMILES string of the molecule is [2H]C([2H])([2H])N[C@@H](c1ccccc1)C([2H])([2H])N1CC[C@H](O)C1. The quantitative estimate of drug-likeness (QED) is 0.803. The first-order chi connectivity index (χ1) is 9.70. The van der Waals surface area contributed by atoms with Crippen molar-refractivity contribution in [1.29, 1.82) is 0 Å². The fourth-order valence-electron chi connectivity index (χ4n) is 1.88. The van der Waals surface area contributed by atoms with Crippen molar-refractivity contribution in [3.8, 4) is 0 Å². The Bertz CT molecular complexity index is 465. The van der Waals surface area contributed by atoms with Crippen LogP contribution in [-0.4, -0.2) is 42.7 Å². The van der Waals surface area contributed by atoms with Gasteiger partial charge in [0.25, 0.3) is 0 Å². The maximum atomic E-state index is 9.61. The molecular formula is C13H20N2O. The van der Waals surface area contributed by atoms with Gasteiger partial charge < -0.3 is 10.4 Å². The van der Waals surface area contributed by atoms with Gasteiger partial charge in [0.2, 0.25) is 0 Å². The lowest BCUT2D eigenvalue weighted by Crippen LogP contribution is -2.32. The Morgan fingerprint density at radius 1 is 1.62 bits per heavy atom. The molecule has 0 spiro atoms. The van der Waals surface area contributed by atoms with Crippen molar-refractivity contribution in [2.45, 2.75) is 18.6 Å². The molecule has 0 saturated carbocycles. The van der Waals surface area contributed by atoms with Gasteiger partial charge in [-0.1, -0.05) is 30.3 Å². The molecule has 3 nitrogen and oxygen atoms in total. The summed E-state index contributed by atoms with van der Waals surface area (Å²) < 4.78 is 38.9. The van der Waals surface area contributed by atoms with Crippen LogP contribution in [0.25, 0.3) is 0 Å². The van der Waals surface area contributed by atoms with E-state index in [-0.39, 0.29) is 6.54 Å². The maximum absolute atomic E-state index is 9.61. The lowest BCUT2D eigenvalue weighted by molar-refractivity contribution is 0.173. The number of hydrogen-bond acceptors (Lipinski definition) is 3. The molecule has 0 bridgehead atoms. The van der Waals surface area contributed by atoms with Crippen LogP contribution in [-0.2, 0) is 0 Å². The van der Waals surface area contributed by atoms with E-state index in [1.807, 2.05) is 0 Å². The largest absolute Gasteiger partial charge is 0.392 e. The number of nitrogens with one attached hydrogen (secondary N) is 1. The second-order valence-corrected chi connectivity index (χ2v) is 4.01. The molecule has 0 radical (unpaired) electrons. The summed E-state index contributed by atoms with van der Waals surface area (Å²) in [6, 6.07) is 7.69. The summed E-state index contributed by atoms with van der Waals surface area (Å²) >= 11 is 0. The van der Waals surface area contributed by atoms with Gasteiger partial charge in [-0.3, -0.25) is 4.90 Å². The van der Waals surface area contributed by atoms with E-state index in [2.05, 4.69) is 5.32 Å². The molecule has 1 aromatic carbocycles. The Balaban J connectivity index is 2.30. The van der Waals surface area contributed by atoms with Crippen molar-refractivity contribution in [1.82, 2.24) is 10.2 Å². The maximum Gasteiger partial charge on any atom is 0.0679 e. The fraction of sp³-hybridized carbons (Fsp3) is 0.538. The van der Waals surface area contributed by atoms with Crippen LogP contribution in [0, 0.1) is 0 Å². The molecule has 0 unspecified atom stereocenters. The summed E-state index contributed by atoms with van der Waals surface area (Å²) in [5.74, 6) is 0. The van der Waals surface area contributed by atoms with E-state index < -0.39 is 25.6 Å². The first-order valence-corrected chi connectivity index (χ1v) is 5.46.